The minimum absolute atomic E-state index is 0. The number of halogens is 2. The highest BCUT2D eigenvalue weighted by Crippen LogP contribution is 2.14. The Hall–Kier alpha value is -1.81. The summed E-state index contributed by atoms with van der Waals surface area (Å²) in [7, 11) is 3.93. The maximum Gasteiger partial charge on any atom is 0.252 e. The fourth-order valence-electron chi connectivity index (χ4n) is 2.44. The van der Waals surface area contributed by atoms with E-state index in [0.29, 0.717) is 25.2 Å². The lowest BCUT2D eigenvalue weighted by molar-refractivity contribution is 0.0954. The van der Waals surface area contributed by atoms with Crippen LogP contribution in [0.15, 0.2) is 41.8 Å². The summed E-state index contributed by atoms with van der Waals surface area (Å²) in [5, 5.41) is 6.82. The van der Waals surface area contributed by atoms with Gasteiger partial charge in [0.25, 0.3) is 5.91 Å². The summed E-state index contributed by atoms with van der Waals surface area (Å²) < 4.78 is 2.00. The first kappa shape index (κ1) is 23.2. The van der Waals surface area contributed by atoms with E-state index < -0.39 is 0 Å². The molecule has 0 aliphatic rings. The zero-order chi connectivity index (χ0) is 18.9. The van der Waals surface area contributed by atoms with E-state index in [9.17, 15) is 4.79 Å². The molecule has 7 nitrogen and oxygen atoms in total. The van der Waals surface area contributed by atoms with Gasteiger partial charge in [-0.1, -0.05) is 11.6 Å². The Bertz CT molecular complexity index is 750. The molecule has 0 radical (unpaired) electrons. The molecule has 1 amide bonds. The number of nitrogens with one attached hydrogen (secondary N) is 2. The number of carbonyl (C=O) groups is 1. The van der Waals surface area contributed by atoms with Crippen molar-refractivity contribution in [2.24, 2.45) is 12.0 Å². The van der Waals surface area contributed by atoms with Crippen molar-refractivity contribution in [2.75, 3.05) is 26.7 Å². The van der Waals surface area contributed by atoms with E-state index >= 15 is 0 Å². The van der Waals surface area contributed by atoms with Crippen LogP contribution < -0.4 is 10.6 Å². The number of carbonyl (C=O) groups excluding carboxylic acids is 1. The molecule has 2 aromatic rings. The number of aryl methyl sites for hydroxylation is 1. The third kappa shape index (κ3) is 7.37. The molecule has 9 heteroatoms. The lowest BCUT2D eigenvalue weighted by Gasteiger charge is -2.22. The van der Waals surface area contributed by atoms with Crippen LogP contribution in [0.3, 0.4) is 0 Å². The summed E-state index contributed by atoms with van der Waals surface area (Å²) in [5.41, 5.74) is 1.63. The van der Waals surface area contributed by atoms with E-state index in [4.69, 9.17) is 11.6 Å². The van der Waals surface area contributed by atoms with Crippen LogP contribution in [-0.4, -0.2) is 53.0 Å². The average Bonchev–Trinajstić information content (AvgIpc) is 2.95. The quantitative estimate of drug-likeness (QED) is 0.263. The fraction of sp³-hybridized carbons (Fsp3) is 0.389. The van der Waals surface area contributed by atoms with Gasteiger partial charge in [0.1, 0.15) is 0 Å². The van der Waals surface area contributed by atoms with Crippen LogP contribution in [0, 0.1) is 0 Å². The van der Waals surface area contributed by atoms with Crippen molar-refractivity contribution in [3.63, 3.8) is 0 Å². The summed E-state index contributed by atoms with van der Waals surface area (Å²) in [6.45, 7) is 4.39. The largest absolute Gasteiger partial charge is 0.357 e. The highest BCUT2D eigenvalue weighted by molar-refractivity contribution is 14.0. The number of guanidine groups is 1. The van der Waals surface area contributed by atoms with Gasteiger partial charge >= 0.3 is 0 Å². The normalized spacial score (nSPS) is 10.9. The summed E-state index contributed by atoms with van der Waals surface area (Å²) in [5.74, 6) is 0.630. The van der Waals surface area contributed by atoms with Gasteiger partial charge in [0.2, 0.25) is 0 Å². The standard InChI is InChI=1S/C18H25ClN6O.HI/c1-4-21-18(25(3)13-16-10-15(19)12-24(16)2)23-9-8-22-17(26)14-6-5-7-20-11-14;/h5-7,10-12H,4,8-9,13H2,1-3H3,(H,21,23)(H,22,26);1H. The van der Waals surface area contributed by atoms with E-state index in [1.807, 2.05) is 42.7 Å². The van der Waals surface area contributed by atoms with E-state index in [2.05, 4.69) is 20.6 Å². The highest BCUT2D eigenvalue weighted by Gasteiger charge is 2.10. The molecule has 0 saturated carbocycles. The molecule has 0 spiro atoms. The van der Waals surface area contributed by atoms with Crippen molar-refractivity contribution in [3.05, 3.63) is 53.1 Å². The van der Waals surface area contributed by atoms with Crippen LogP contribution in [0.2, 0.25) is 5.02 Å². The topological polar surface area (TPSA) is 74.5 Å². The SMILES string of the molecule is CCNC(=NCCNC(=O)c1cccnc1)N(C)Cc1cc(Cl)cn1C.I. The summed E-state index contributed by atoms with van der Waals surface area (Å²) in [4.78, 5) is 22.5. The first-order valence-corrected chi connectivity index (χ1v) is 8.87. The van der Waals surface area contributed by atoms with Crippen LogP contribution >= 0.6 is 35.6 Å². The summed E-state index contributed by atoms with van der Waals surface area (Å²) in [6.07, 6.45) is 5.06. The van der Waals surface area contributed by atoms with Crippen LogP contribution in [0.5, 0.6) is 0 Å². The van der Waals surface area contributed by atoms with Crippen LogP contribution in [0.25, 0.3) is 0 Å². The van der Waals surface area contributed by atoms with Crippen molar-refractivity contribution in [1.29, 1.82) is 0 Å². The fourth-order valence-corrected chi connectivity index (χ4v) is 2.71. The maximum absolute atomic E-state index is 12.0. The minimum Gasteiger partial charge on any atom is -0.357 e. The molecule has 2 rings (SSSR count). The second-order valence-electron chi connectivity index (χ2n) is 5.85. The maximum atomic E-state index is 12.0. The van der Waals surface area contributed by atoms with Gasteiger partial charge in [-0.3, -0.25) is 14.8 Å². The molecule has 0 fully saturated rings. The molecule has 148 valence electrons. The molecule has 0 unspecified atom stereocenters. The first-order chi connectivity index (χ1) is 12.5. The molecule has 2 heterocycles. The lowest BCUT2D eigenvalue weighted by atomic mass is 10.3. The summed E-state index contributed by atoms with van der Waals surface area (Å²) in [6, 6.07) is 5.41. The Morgan fingerprint density at radius 1 is 1.41 bits per heavy atom. The molecule has 0 aliphatic heterocycles. The highest BCUT2D eigenvalue weighted by atomic mass is 127. The smallest absolute Gasteiger partial charge is 0.252 e. The third-order valence-electron chi connectivity index (χ3n) is 3.75. The molecule has 2 aromatic heterocycles. The number of rotatable bonds is 7. The van der Waals surface area contributed by atoms with E-state index in [0.717, 1.165) is 23.2 Å². The van der Waals surface area contributed by atoms with Gasteiger partial charge in [0.05, 0.1) is 23.7 Å². The van der Waals surface area contributed by atoms with Crippen LogP contribution in [0.4, 0.5) is 0 Å². The Kier molecular flexibility index (Phi) is 10.2. The molecule has 27 heavy (non-hydrogen) atoms. The average molecular weight is 505 g/mol. The second-order valence-corrected chi connectivity index (χ2v) is 6.29. The Labute approximate surface area is 182 Å². The van der Waals surface area contributed by atoms with Gasteiger partial charge in [0.15, 0.2) is 5.96 Å². The Balaban J connectivity index is 0.00000364. The molecular weight excluding hydrogens is 479 g/mol. The minimum atomic E-state index is -0.148. The Morgan fingerprint density at radius 3 is 2.78 bits per heavy atom. The van der Waals surface area contributed by atoms with Crippen molar-refractivity contribution in [2.45, 2.75) is 13.5 Å². The Morgan fingerprint density at radius 2 is 2.19 bits per heavy atom. The molecule has 0 saturated heterocycles. The number of pyridine rings is 1. The molecule has 0 aliphatic carbocycles. The zero-order valence-electron chi connectivity index (χ0n) is 15.8. The zero-order valence-corrected chi connectivity index (χ0v) is 18.9. The van der Waals surface area contributed by atoms with Crippen molar-refractivity contribution in [1.82, 2.24) is 25.1 Å². The second kappa shape index (κ2) is 11.8. The number of hydrogen-bond donors (Lipinski definition) is 2. The number of aromatic nitrogens is 2. The molecule has 0 atom stereocenters. The van der Waals surface area contributed by atoms with Crippen molar-refractivity contribution in [3.8, 4) is 0 Å². The lowest BCUT2D eigenvalue weighted by Crippen LogP contribution is -2.39. The predicted molar refractivity (Wildman–Crippen MR) is 120 cm³/mol. The number of aliphatic imine (C=N–C) groups is 1. The van der Waals surface area contributed by atoms with Gasteiger partial charge in [0, 0.05) is 51.5 Å². The predicted octanol–water partition coefficient (Wildman–Crippen LogP) is 2.52. The van der Waals surface area contributed by atoms with Crippen molar-refractivity contribution < 1.29 is 4.79 Å². The van der Waals surface area contributed by atoms with Gasteiger partial charge in [-0.05, 0) is 25.1 Å². The van der Waals surface area contributed by atoms with Crippen LogP contribution in [0.1, 0.15) is 23.0 Å². The molecule has 0 bridgehead atoms. The number of amides is 1. The number of nitrogens with zero attached hydrogens (tertiary/aromatic N) is 4. The first-order valence-electron chi connectivity index (χ1n) is 8.49. The van der Waals surface area contributed by atoms with Crippen LogP contribution in [-0.2, 0) is 13.6 Å². The molecule has 0 aromatic carbocycles. The van der Waals surface area contributed by atoms with Crippen molar-refractivity contribution >= 4 is 47.4 Å². The summed E-state index contributed by atoms with van der Waals surface area (Å²) >= 11 is 6.04. The molecule has 2 N–H and O–H groups in total. The van der Waals surface area contributed by atoms with E-state index in [-0.39, 0.29) is 29.9 Å². The van der Waals surface area contributed by atoms with Gasteiger partial charge in [-0.2, -0.15) is 0 Å². The molecular formula is C18H26ClIN6O. The number of hydrogen-bond acceptors (Lipinski definition) is 3. The third-order valence-corrected chi connectivity index (χ3v) is 3.96. The monoisotopic (exact) mass is 504 g/mol. The van der Waals surface area contributed by atoms with Gasteiger partial charge in [-0.15, -0.1) is 24.0 Å². The van der Waals surface area contributed by atoms with Gasteiger partial charge in [-0.25, -0.2) is 0 Å². The van der Waals surface area contributed by atoms with E-state index in [1.54, 1.807) is 24.5 Å². The van der Waals surface area contributed by atoms with Gasteiger partial charge < -0.3 is 20.1 Å². The van der Waals surface area contributed by atoms with E-state index in [1.165, 1.54) is 0 Å².